The van der Waals surface area contributed by atoms with Gasteiger partial charge in [-0.2, -0.15) is 4.31 Å². The summed E-state index contributed by atoms with van der Waals surface area (Å²) in [6.45, 7) is 0.228. The van der Waals surface area contributed by atoms with Crippen LogP contribution >= 0.6 is 15.9 Å². The number of pyridine rings is 1. The Morgan fingerprint density at radius 1 is 1.35 bits per heavy atom. The number of carboxylic acid groups (broad SMARTS) is 1. The largest absolute Gasteiger partial charge is 0.480 e. The highest BCUT2D eigenvalue weighted by Crippen LogP contribution is 2.25. The minimum absolute atomic E-state index is 0.0139. The van der Waals surface area contributed by atoms with Crippen molar-refractivity contribution in [2.45, 2.75) is 36.6 Å². The van der Waals surface area contributed by atoms with Gasteiger partial charge in [0, 0.05) is 23.4 Å². The van der Waals surface area contributed by atoms with Gasteiger partial charge in [0.2, 0.25) is 10.0 Å². The van der Waals surface area contributed by atoms with Gasteiger partial charge in [-0.15, -0.1) is 0 Å². The van der Waals surface area contributed by atoms with Crippen LogP contribution in [0.1, 0.15) is 25.7 Å². The van der Waals surface area contributed by atoms with E-state index in [9.17, 15) is 18.3 Å². The molecule has 0 spiro atoms. The van der Waals surface area contributed by atoms with Crippen LogP contribution in [0.5, 0.6) is 0 Å². The molecule has 0 aromatic carbocycles. The lowest BCUT2D eigenvalue weighted by molar-refractivity contribution is -0.141. The number of aliphatic carboxylic acids is 1. The van der Waals surface area contributed by atoms with Crippen molar-refractivity contribution in [3.05, 3.63) is 22.9 Å². The van der Waals surface area contributed by atoms with E-state index in [0.29, 0.717) is 17.3 Å². The smallest absolute Gasteiger partial charge is 0.322 e. The fourth-order valence-electron chi connectivity index (χ4n) is 2.29. The molecule has 1 saturated heterocycles. The van der Waals surface area contributed by atoms with Crippen LogP contribution in [0.4, 0.5) is 0 Å². The first kappa shape index (κ1) is 15.4. The van der Waals surface area contributed by atoms with Crippen LogP contribution in [0.2, 0.25) is 0 Å². The molecule has 1 aliphatic heterocycles. The van der Waals surface area contributed by atoms with Crippen molar-refractivity contribution in [3.8, 4) is 0 Å². The highest BCUT2D eigenvalue weighted by atomic mass is 79.9. The summed E-state index contributed by atoms with van der Waals surface area (Å²) in [4.78, 5) is 15.2. The van der Waals surface area contributed by atoms with E-state index in [2.05, 4.69) is 20.9 Å². The molecule has 1 aliphatic rings. The van der Waals surface area contributed by atoms with E-state index in [1.165, 1.54) is 18.5 Å². The third-order valence-electron chi connectivity index (χ3n) is 3.28. The number of rotatable bonds is 3. The number of hydrogen-bond donors (Lipinski definition) is 1. The first-order valence-electron chi connectivity index (χ1n) is 6.28. The fourth-order valence-corrected chi connectivity index (χ4v) is 4.44. The lowest BCUT2D eigenvalue weighted by Crippen LogP contribution is -2.44. The number of aromatic nitrogens is 1. The molecule has 110 valence electrons. The minimum Gasteiger partial charge on any atom is -0.480 e. The van der Waals surface area contributed by atoms with Crippen molar-refractivity contribution in [1.82, 2.24) is 9.29 Å². The number of nitrogens with zero attached hydrogens (tertiary/aromatic N) is 2. The van der Waals surface area contributed by atoms with E-state index in [1.54, 1.807) is 0 Å². The third kappa shape index (κ3) is 3.18. The number of carbonyl (C=O) groups is 1. The predicted octanol–water partition coefficient (Wildman–Crippen LogP) is 1.86. The molecule has 1 fully saturated rings. The van der Waals surface area contributed by atoms with Crippen LogP contribution in [0.15, 0.2) is 27.8 Å². The van der Waals surface area contributed by atoms with Gasteiger partial charge in [0.15, 0.2) is 0 Å². The molecular formula is C12H15BrN2O4S. The van der Waals surface area contributed by atoms with E-state index in [4.69, 9.17) is 0 Å². The van der Waals surface area contributed by atoms with E-state index < -0.39 is 22.0 Å². The average Bonchev–Trinajstić information content (AvgIpc) is 2.64. The highest BCUT2D eigenvalue weighted by molar-refractivity contribution is 9.10. The molecule has 0 bridgehead atoms. The van der Waals surface area contributed by atoms with E-state index in [0.717, 1.165) is 17.1 Å². The summed E-state index contributed by atoms with van der Waals surface area (Å²) in [6.07, 6.45) is 5.30. The molecule has 0 aliphatic carbocycles. The summed E-state index contributed by atoms with van der Waals surface area (Å²) >= 11 is 3.18. The van der Waals surface area contributed by atoms with Crippen LogP contribution < -0.4 is 0 Å². The monoisotopic (exact) mass is 362 g/mol. The zero-order valence-corrected chi connectivity index (χ0v) is 13.1. The van der Waals surface area contributed by atoms with Crippen molar-refractivity contribution in [2.24, 2.45) is 0 Å². The molecule has 2 rings (SSSR count). The molecule has 1 aromatic rings. The summed E-state index contributed by atoms with van der Waals surface area (Å²) in [5.41, 5.74) is 0. The Kier molecular flexibility index (Phi) is 4.77. The first-order valence-corrected chi connectivity index (χ1v) is 8.51. The average molecular weight is 363 g/mol. The lowest BCUT2D eigenvalue weighted by atomic mass is 10.1. The second kappa shape index (κ2) is 6.19. The Labute approximate surface area is 126 Å². The van der Waals surface area contributed by atoms with Gasteiger partial charge in [-0.1, -0.05) is 12.8 Å². The maximum Gasteiger partial charge on any atom is 0.322 e. The molecule has 1 atom stereocenters. The summed E-state index contributed by atoms with van der Waals surface area (Å²) in [6, 6.07) is 0.438. The molecule has 8 heteroatoms. The Bertz CT molecular complexity index is 605. The van der Waals surface area contributed by atoms with Gasteiger partial charge < -0.3 is 5.11 Å². The second-order valence-corrected chi connectivity index (χ2v) is 7.46. The van der Waals surface area contributed by atoms with Crippen molar-refractivity contribution >= 4 is 31.9 Å². The van der Waals surface area contributed by atoms with Crippen LogP contribution in [0.25, 0.3) is 0 Å². The standard InChI is InChI=1S/C12H15BrN2O4S/c13-9-6-10(8-14-7-9)20(18,19)15-5-3-1-2-4-11(15)12(16)17/h6-8,11H,1-5H2,(H,16,17). The molecule has 1 unspecified atom stereocenters. The Morgan fingerprint density at radius 2 is 2.10 bits per heavy atom. The molecule has 6 nitrogen and oxygen atoms in total. The molecule has 1 N–H and O–H groups in total. The molecule has 0 radical (unpaired) electrons. The number of halogens is 1. The zero-order chi connectivity index (χ0) is 14.8. The van der Waals surface area contributed by atoms with Crippen molar-refractivity contribution in [2.75, 3.05) is 6.54 Å². The van der Waals surface area contributed by atoms with Gasteiger partial charge in [0.05, 0.1) is 0 Å². The van der Waals surface area contributed by atoms with E-state index in [1.807, 2.05) is 0 Å². The number of hydrogen-bond acceptors (Lipinski definition) is 4. The summed E-state index contributed by atoms with van der Waals surface area (Å²) in [7, 11) is -3.84. The second-order valence-electron chi connectivity index (χ2n) is 4.66. The Hall–Kier alpha value is -0.990. The van der Waals surface area contributed by atoms with E-state index in [-0.39, 0.29) is 11.4 Å². The molecule has 0 saturated carbocycles. The van der Waals surface area contributed by atoms with Gasteiger partial charge in [-0.05, 0) is 34.8 Å². The minimum atomic E-state index is -3.84. The van der Waals surface area contributed by atoms with Gasteiger partial charge >= 0.3 is 5.97 Å². The summed E-state index contributed by atoms with van der Waals surface area (Å²) < 4.78 is 26.8. The van der Waals surface area contributed by atoms with Crippen LogP contribution in [-0.4, -0.2) is 41.4 Å². The fraction of sp³-hybridized carbons (Fsp3) is 0.500. The molecule has 1 aromatic heterocycles. The summed E-state index contributed by atoms with van der Waals surface area (Å²) in [5, 5.41) is 9.27. The van der Waals surface area contributed by atoms with Gasteiger partial charge in [0.1, 0.15) is 10.9 Å². The zero-order valence-electron chi connectivity index (χ0n) is 10.7. The number of sulfonamides is 1. The lowest BCUT2D eigenvalue weighted by Gasteiger charge is -2.25. The van der Waals surface area contributed by atoms with Gasteiger partial charge in [-0.3, -0.25) is 9.78 Å². The van der Waals surface area contributed by atoms with Crippen LogP contribution in [0.3, 0.4) is 0 Å². The van der Waals surface area contributed by atoms with Gasteiger partial charge in [0.25, 0.3) is 0 Å². The van der Waals surface area contributed by atoms with Gasteiger partial charge in [-0.25, -0.2) is 8.42 Å². The molecule has 0 amide bonds. The van der Waals surface area contributed by atoms with Crippen LogP contribution in [-0.2, 0) is 14.8 Å². The molecule has 2 heterocycles. The topological polar surface area (TPSA) is 87.6 Å². The van der Waals surface area contributed by atoms with E-state index >= 15 is 0 Å². The first-order chi connectivity index (χ1) is 9.43. The summed E-state index contributed by atoms with van der Waals surface area (Å²) in [5.74, 6) is -1.10. The maximum atomic E-state index is 12.6. The predicted molar refractivity (Wildman–Crippen MR) is 75.7 cm³/mol. The van der Waals surface area contributed by atoms with Crippen molar-refractivity contribution < 1.29 is 18.3 Å². The molecule has 20 heavy (non-hydrogen) atoms. The Morgan fingerprint density at radius 3 is 2.75 bits per heavy atom. The highest BCUT2D eigenvalue weighted by Gasteiger charge is 2.36. The SMILES string of the molecule is O=C(O)C1CCCCCN1S(=O)(=O)c1cncc(Br)c1. The Balaban J connectivity index is 2.42. The van der Waals surface area contributed by atoms with Crippen molar-refractivity contribution in [1.29, 1.82) is 0 Å². The van der Waals surface area contributed by atoms with Crippen molar-refractivity contribution in [3.63, 3.8) is 0 Å². The quantitative estimate of drug-likeness (QED) is 0.886. The maximum absolute atomic E-state index is 12.6. The van der Waals surface area contributed by atoms with Crippen LogP contribution in [0, 0.1) is 0 Å². The molecular weight excluding hydrogens is 348 g/mol. The third-order valence-corrected chi connectivity index (χ3v) is 5.58. The number of carboxylic acids is 1. The normalized spacial score (nSPS) is 21.4.